The Hall–Kier alpha value is -3.34. The maximum atomic E-state index is 12.9. The van der Waals surface area contributed by atoms with Gasteiger partial charge in [0.25, 0.3) is 11.6 Å². The van der Waals surface area contributed by atoms with Crippen LogP contribution in [0.15, 0.2) is 41.3 Å². The second-order valence-corrected chi connectivity index (χ2v) is 8.90. The summed E-state index contributed by atoms with van der Waals surface area (Å²) in [5.41, 5.74) is -0.487. The van der Waals surface area contributed by atoms with Gasteiger partial charge in [0, 0.05) is 25.9 Å². The molecular weight excluding hydrogens is 440 g/mol. The molecule has 2 aromatic carbocycles. The summed E-state index contributed by atoms with van der Waals surface area (Å²) in [6, 6.07) is 8.61. The first-order valence-corrected chi connectivity index (χ1v) is 11.6. The van der Waals surface area contributed by atoms with E-state index in [4.69, 9.17) is 14.2 Å². The molecule has 0 atom stereocenters. The van der Waals surface area contributed by atoms with E-state index in [1.807, 2.05) is 0 Å². The van der Waals surface area contributed by atoms with E-state index in [9.17, 15) is 23.3 Å². The number of hydrogen-bond acceptors (Lipinski definition) is 8. The number of nitrogens with zero attached hydrogens (tertiary/aromatic N) is 2. The van der Waals surface area contributed by atoms with Crippen LogP contribution >= 0.6 is 0 Å². The third-order valence-corrected chi connectivity index (χ3v) is 5.61. The Balaban J connectivity index is 2.06. The third kappa shape index (κ3) is 6.33. The number of carbonyl (C=O) groups is 1. The van der Waals surface area contributed by atoms with Gasteiger partial charge >= 0.3 is 0 Å². The van der Waals surface area contributed by atoms with Crippen LogP contribution in [-0.4, -0.2) is 64.3 Å². The van der Waals surface area contributed by atoms with Crippen LogP contribution in [0.1, 0.15) is 23.7 Å². The van der Waals surface area contributed by atoms with Crippen LogP contribution in [-0.2, 0) is 9.84 Å². The Labute approximate surface area is 186 Å². The highest BCUT2D eigenvalue weighted by molar-refractivity contribution is 7.90. The minimum Gasteiger partial charge on any atom is -0.493 e. The minimum atomic E-state index is -3.34. The van der Waals surface area contributed by atoms with Crippen LogP contribution in [0.3, 0.4) is 0 Å². The van der Waals surface area contributed by atoms with Crippen molar-refractivity contribution in [3.8, 4) is 17.2 Å². The van der Waals surface area contributed by atoms with Crippen LogP contribution < -0.4 is 14.2 Å². The molecule has 11 heteroatoms. The van der Waals surface area contributed by atoms with Gasteiger partial charge in [0.15, 0.2) is 21.3 Å². The van der Waals surface area contributed by atoms with Crippen molar-refractivity contribution in [2.75, 3.05) is 40.2 Å². The summed E-state index contributed by atoms with van der Waals surface area (Å²) >= 11 is 0. The van der Waals surface area contributed by atoms with Gasteiger partial charge in [0.05, 0.1) is 36.2 Å². The number of rotatable bonds is 11. The van der Waals surface area contributed by atoms with E-state index in [1.54, 1.807) is 19.1 Å². The van der Waals surface area contributed by atoms with Crippen molar-refractivity contribution in [2.45, 2.75) is 18.2 Å². The monoisotopic (exact) mass is 466 g/mol. The summed E-state index contributed by atoms with van der Waals surface area (Å²) in [7, 11) is -0.452. The summed E-state index contributed by atoms with van der Waals surface area (Å²) in [6.07, 6.45) is 1.54. The molecule has 0 radical (unpaired) electrons. The maximum absolute atomic E-state index is 12.9. The fraction of sp³-hybridized carbons (Fsp3) is 0.381. The summed E-state index contributed by atoms with van der Waals surface area (Å²) in [5, 5.41) is 11.5. The first-order valence-electron chi connectivity index (χ1n) is 9.76. The van der Waals surface area contributed by atoms with Crippen LogP contribution in [0.5, 0.6) is 17.2 Å². The number of amides is 1. The minimum absolute atomic E-state index is 0.108. The molecule has 0 fully saturated rings. The highest BCUT2D eigenvalue weighted by Crippen LogP contribution is 2.35. The van der Waals surface area contributed by atoms with Gasteiger partial charge in [0.2, 0.25) is 0 Å². The summed E-state index contributed by atoms with van der Waals surface area (Å²) in [4.78, 5) is 25.2. The van der Waals surface area contributed by atoms with Crippen LogP contribution in [0.2, 0.25) is 0 Å². The lowest BCUT2D eigenvalue weighted by atomic mass is 10.1. The number of hydrogen-bond donors (Lipinski definition) is 0. The molecule has 0 aliphatic heterocycles. The quantitative estimate of drug-likeness (QED) is 0.281. The van der Waals surface area contributed by atoms with E-state index in [1.165, 1.54) is 43.3 Å². The van der Waals surface area contributed by atoms with E-state index in [0.717, 1.165) is 6.26 Å². The zero-order chi connectivity index (χ0) is 23.9. The van der Waals surface area contributed by atoms with Crippen molar-refractivity contribution in [3.05, 3.63) is 52.1 Å². The molecule has 0 unspecified atom stereocenters. The van der Waals surface area contributed by atoms with E-state index in [0.29, 0.717) is 18.8 Å². The Kier molecular flexibility index (Phi) is 8.41. The van der Waals surface area contributed by atoms with Gasteiger partial charge in [0.1, 0.15) is 11.3 Å². The molecular formula is C21H26N2O8S. The number of nitro groups is 1. The summed E-state index contributed by atoms with van der Waals surface area (Å²) in [6.45, 7) is 2.53. The van der Waals surface area contributed by atoms with E-state index < -0.39 is 20.7 Å². The lowest BCUT2D eigenvalue weighted by Gasteiger charge is -2.18. The predicted octanol–water partition coefficient (Wildman–Crippen LogP) is 2.95. The molecule has 0 bridgehead atoms. The Morgan fingerprint density at radius 2 is 1.88 bits per heavy atom. The van der Waals surface area contributed by atoms with Gasteiger partial charge in [-0.05, 0) is 31.5 Å². The van der Waals surface area contributed by atoms with Crippen LogP contribution in [0.4, 0.5) is 5.69 Å². The zero-order valence-corrected chi connectivity index (χ0v) is 19.2. The number of ether oxygens (including phenoxy) is 3. The van der Waals surface area contributed by atoms with Crippen molar-refractivity contribution in [2.24, 2.45) is 0 Å². The van der Waals surface area contributed by atoms with Gasteiger partial charge in [-0.15, -0.1) is 0 Å². The number of sulfone groups is 1. The Morgan fingerprint density at radius 1 is 1.16 bits per heavy atom. The Bertz CT molecular complexity index is 1090. The zero-order valence-electron chi connectivity index (χ0n) is 18.4. The largest absolute Gasteiger partial charge is 0.493 e. The van der Waals surface area contributed by atoms with Crippen molar-refractivity contribution >= 4 is 21.4 Å². The molecule has 0 N–H and O–H groups in total. The third-order valence-electron chi connectivity index (χ3n) is 4.50. The molecule has 0 aliphatic rings. The van der Waals surface area contributed by atoms with Crippen molar-refractivity contribution in [3.63, 3.8) is 0 Å². The molecule has 0 heterocycles. The second-order valence-electron chi connectivity index (χ2n) is 6.89. The van der Waals surface area contributed by atoms with Gasteiger partial charge in [-0.2, -0.15) is 0 Å². The molecule has 10 nitrogen and oxygen atoms in total. The van der Waals surface area contributed by atoms with E-state index in [-0.39, 0.29) is 40.8 Å². The van der Waals surface area contributed by atoms with Crippen molar-refractivity contribution in [1.29, 1.82) is 0 Å². The van der Waals surface area contributed by atoms with Gasteiger partial charge in [-0.3, -0.25) is 14.9 Å². The molecule has 0 saturated heterocycles. The first-order chi connectivity index (χ1) is 15.1. The molecule has 0 spiro atoms. The number of nitro benzene ring substituents is 1. The lowest BCUT2D eigenvalue weighted by molar-refractivity contribution is -0.385. The standard InChI is InChI=1S/C21H26N2O8S/c1-5-30-20-13-17(18(23(25)26)14-19(20)29-3)21(24)22(2)10-7-11-31-15-8-6-9-16(12-15)32(4,27)28/h6,8-9,12-14H,5,7,10-11H2,1-4H3. The fourth-order valence-corrected chi connectivity index (χ4v) is 3.55. The van der Waals surface area contributed by atoms with Gasteiger partial charge in [-0.25, -0.2) is 8.42 Å². The highest BCUT2D eigenvalue weighted by Gasteiger charge is 2.26. The van der Waals surface area contributed by atoms with Gasteiger partial charge in [-0.1, -0.05) is 6.07 Å². The molecule has 32 heavy (non-hydrogen) atoms. The predicted molar refractivity (Wildman–Crippen MR) is 117 cm³/mol. The topological polar surface area (TPSA) is 125 Å². The average Bonchev–Trinajstić information content (AvgIpc) is 2.75. The molecule has 0 aliphatic carbocycles. The molecule has 174 valence electrons. The van der Waals surface area contributed by atoms with Crippen LogP contribution in [0, 0.1) is 10.1 Å². The first kappa shape index (κ1) is 24.9. The maximum Gasteiger partial charge on any atom is 0.286 e. The second kappa shape index (κ2) is 10.8. The molecule has 0 saturated carbocycles. The number of benzene rings is 2. The Morgan fingerprint density at radius 3 is 2.47 bits per heavy atom. The van der Waals surface area contributed by atoms with Crippen molar-refractivity contribution in [1.82, 2.24) is 4.90 Å². The molecule has 2 aromatic rings. The van der Waals surface area contributed by atoms with Gasteiger partial charge < -0.3 is 19.1 Å². The van der Waals surface area contributed by atoms with Crippen molar-refractivity contribution < 1.29 is 32.3 Å². The number of methoxy groups -OCH3 is 1. The molecule has 0 aromatic heterocycles. The van der Waals surface area contributed by atoms with E-state index >= 15 is 0 Å². The lowest BCUT2D eigenvalue weighted by Crippen LogP contribution is -2.29. The van der Waals surface area contributed by atoms with Crippen LogP contribution in [0.25, 0.3) is 0 Å². The molecule has 1 amide bonds. The summed E-state index contributed by atoms with van der Waals surface area (Å²) < 4.78 is 39.4. The summed E-state index contributed by atoms with van der Waals surface area (Å²) in [5.74, 6) is 0.266. The normalized spacial score (nSPS) is 11.0. The average molecular weight is 467 g/mol. The highest BCUT2D eigenvalue weighted by atomic mass is 32.2. The smallest absolute Gasteiger partial charge is 0.286 e. The van der Waals surface area contributed by atoms with E-state index in [2.05, 4.69) is 0 Å². The molecule has 2 rings (SSSR count). The SMILES string of the molecule is CCOc1cc(C(=O)N(C)CCCOc2cccc(S(C)(=O)=O)c2)c([N+](=O)[O-])cc1OC. The fourth-order valence-electron chi connectivity index (χ4n) is 2.89. The number of carbonyl (C=O) groups excluding carboxylic acids is 1.